The molecule has 1 aliphatic heterocycles. The third kappa shape index (κ3) is 5.60. The topological polar surface area (TPSA) is 53.2 Å². The molecule has 1 saturated heterocycles. The molecule has 2 amide bonds. The van der Waals surface area contributed by atoms with Gasteiger partial charge in [0.1, 0.15) is 0 Å². The lowest BCUT2D eigenvalue weighted by Gasteiger charge is -2.11. The molecule has 2 atom stereocenters. The molecule has 0 aromatic heterocycles. The Labute approximate surface area is 104 Å². The van der Waals surface area contributed by atoms with Gasteiger partial charge in [0.15, 0.2) is 0 Å². The molecule has 1 rings (SSSR count). The highest BCUT2D eigenvalue weighted by atomic mass is 16.2. The first kappa shape index (κ1) is 13.9. The van der Waals surface area contributed by atoms with Gasteiger partial charge in [-0.2, -0.15) is 0 Å². The molecule has 0 radical (unpaired) electrons. The largest absolute Gasteiger partial charge is 0.338 e. The van der Waals surface area contributed by atoms with Gasteiger partial charge < -0.3 is 16.0 Å². The summed E-state index contributed by atoms with van der Waals surface area (Å²) in [7, 11) is 0. The molecular formula is C13H23N3O. The van der Waals surface area contributed by atoms with Crippen LogP contribution in [0.1, 0.15) is 34.1 Å². The van der Waals surface area contributed by atoms with Crippen molar-refractivity contribution in [3.05, 3.63) is 0 Å². The van der Waals surface area contributed by atoms with Gasteiger partial charge in [0.05, 0.1) is 6.04 Å². The first-order chi connectivity index (χ1) is 7.90. The Morgan fingerprint density at radius 1 is 1.47 bits per heavy atom. The van der Waals surface area contributed by atoms with Crippen LogP contribution in [0.15, 0.2) is 0 Å². The molecule has 0 bridgehead atoms. The Bertz CT molecular complexity index is 322. The monoisotopic (exact) mass is 237 g/mol. The average molecular weight is 237 g/mol. The number of amides is 2. The Morgan fingerprint density at radius 3 is 2.76 bits per heavy atom. The molecule has 1 unspecified atom stereocenters. The molecule has 0 aromatic rings. The molecule has 96 valence electrons. The van der Waals surface area contributed by atoms with E-state index >= 15 is 0 Å². The van der Waals surface area contributed by atoms with Crippen LogP contribution in [0.25, 0.3) is 0 Å². The molecule has 1 fully saturated rings. The molecule has 1 aliphatic rings. The van der Waals surface area contributed by atoms with Crippen LogP contribution >= 0.6 is 0 Å². The Kier molecular flexibility index (Phi) is 4.83. The lowest BCUT2D eigenvalue weighted by atomic mass is 9.97. The summed E-state index contributed by atoms with van der Waals surface area (Å²) in [6.45, 7) is 9.64. The highest BCUT2D eigenvalue weighted by Gasteiger charge is 2.23. The first-order valence-corrected chi connectivity index (χ1v) is 6.21. The second-order valence-corrected chi connectivity index (χ2v) is 5.42. The minimum Gasteiger partial charge on any atom is -0.338 e. The third-order valence-corrected chi connectivity index (χ3v) is 2.42. The van der Waals surface area contributed by atoms with Gasteiger partial charge >= 0.3 is 6.03 Å². The van der Waals surface area contributed by atoms with Gasteiger partial charge in [0.25, 0.3) is 0 Å². The smallest absolute Gasteiger partial charge is 0.315 e. The highest BCUT2D eigenvalue weighted by molar-refractivity contribution is 5.74. The van der Waals surface area contributed by atoms with Crippen molar-refractivity contribution in [1.82, 2.24) is 16.0 Å². The van der Waals surface area contributed by atoms with E-state index in [1.807, 2.05) is 6.92 Å². The van der Waals surface area contributed by atoms with E-state index in [2.05, 4.69) is 48.6 Å². The van der Waals surface area contributed by atoms with Crippen LogP contribution in [0.3, 0.4) is 0 Å². The summed E-state index contributed by atoms with van der Waals surface area (Å²) in [4.78, 5) is 11.3. The standard InChI is InChI=1S/C13H23N3O/c1-5-14-12(17)16-11-8-10(15-9-11)6-7-13(2,3)4/h10-11,15H,5,8-9H2,1-4H3,(H2,14,16,17)/t10?,11-/m0/s1. The fourth-order valence-electron chi connectivity index (χ4n) is 1.66. The molecule has 0 spiro atoms. The van der Waals surface area contributed by atoms with Gasteiger partial charge in [0.2, 0.25) is 0 Å². The zero-order chi connectivity index (χ0) is 12.9. The van der Waals surface area contributed by atoms with Crippen molar-refractivity contribution in [2.75, 3.05) is 13.1 Å². The van der Waals surface area contributed by atoms with E-state index in [9.17, 15) is 4.79 Å². The zero-order valence-corrected chi connectivity index (χ0v) is 11.2. The lowest BCUT2D eigenvalue weighted by Crippen LogP contribution is -2.42. The van der Waals surface area contributed by atoms with Gasteiger partial charge in [-0.3, -0.25) is 0 Å². The van der Waals surface area contributed by atoms with Crippen LogP contribution in [0.4, 0.5) is 4.79 Å². The van der Waals surface area contributed by atoms with Crippen molar-refractivity contribution in [2.24, 2.45) is 5.41 Å². The summed E-state index contributed by atoms with van der Waals surface area (Å²) in [6, 6.07) is 0.283. The van der Waals surface area contributed by atoms with Crippen molar-refractivity contribution in [3.63, 3.8) is 0 Å². The van der Waals surface area contributed by atoms with Crippen LogP contribution < -0.4 is 16.0 Å². The van der Waals surface area contributed by atoms with E-state index in [0.29, 0.717) is 6.54 Å². The van der Waals surface area contributed by atoms with Crippen LogP contribution in [0.5, 0.6) is 0 Å². The summed E-state index contributed by atoms with van der Waals surface area (Å²) in [6.07, 6.45) is 0.875. The number of rotatable bonds is 2. The maximum Gasteiger partial charge on any atom is 0.315 e. The van der Waals surface area contributed by atoms with Gasteiger partial charge in [-0.05, 0) is 34.1 Å². The normalized spacial score (nSPS) is 23.8. The van der Waals surface area contributed by atoms with Gasteiger partial charge in [-0.25, -0.2) is 4.79 Å². The molecule has 0 aromatic carbocycles. The van der Waals surface area contributed by atoms with Gasteiger partial charge in [-0.15, -0.1) is 0 Å². The predicted molar refractivity (Wildman–Crippen MR) is 69.6 cm³/mol. The molecular weight excluding hydrogens is 214 g/mol. The minimum atomic E-state index is -0.0938. The minimum absolute atomic E-state index is 0.0345. The number of urea groups is 1. The van der Waals surface area contributed by atoms with Crippen LogP contribution in [-0.2, 0) is 0 Å². The molecule has 1 heterocycles. The van der Waals surface area contributed by atoms with Crippen molar-refractivity contribution < 1.29 is 4.79 Å². The molecule has 17 heavy (non-hydrogen) atoms. The van der Waals surface area contributed by atoms with Gasteiger partial charge in [0, 0.05) is 24.5 Å². The van der Waals surface area contributed by atoms with Crippen molar-refractivity contribution in [1.29, 1.82) is 0 Å². The average Bonchev–Trinajstić information content (AvgIpc) is 2.62. The summed E-state index contributed by atoms with van der Waals surface area (Å²) < 4.78 is 0. The molecule has 4 nitrogen and oxygen atoms in total. The van der Waals surface area contributed by atoms with Crippen LogP contribution in [0.2, 0.25) is 0 Å². The predicted octanol–water partition coefficient (Wildman–Crippen LogP) is 1.09. The summed E-state index contributed by atoms with van der Waals surface area (Å²) in [5.74, 6) is 6.45. The molecule has 0 aliphatic carbocycles. The second kappa shape index (κ2) is 5.92. The lowest BCUT2D eigenvalue weighted by molar-refractivity contribution is 0.238. The van der Waals surface area contributed by atoms with Gasteiger partial charge in [-0.1, -0.05) is 11.8 Å². The first-order valence-electron chi connectivity index (χ1n) is 6.21. The van der Waals surface area contributed by atoms with Crippen molar-refractivity contribution in [2.45, 2.75) is 46.2 Å². The van der Waals surface area contributed by atoms with Crippen molar-refractivity contribution >= 4 is 6.03 Å². The Hall–Kier alpha value is -1.21. The SMILES string of the molecule is CCNC(=O)N[C@@H]1CNC(C#CC(C)(C)C)C1. The third-order valence-electron chi connectivity index (χ3n) is 2.42. The summed E-state index contributed by atoms with van der Waals surface area (Å²) >= 11 is 0. The Balaban J connectivity index is 2.37. The van der Waals surface area contributed by atoms with E-state index in [1.165, 1.54) is 0 Å². The van der Waals surface area contributed by atoms with Crippen LogP contribution in [-0.4, -0.2) is 31.2 Å². The van der Waals surface area contributed by atoms with E-state index in [4.69, 9.17) is 0 Å². The number of carbonyl (C=O) groups is 1. The number of nitrogens with one attached hydrogen (secondary N) is 3. The molecule has 0 saturated carbocycles. The molecule has 4 heteroatoms. The maximum absolute atomic E-state index is 11.3. The number of hydrogen-bond acceptors (Lipinski definition) is 2. The van der Waals surface area contributed by atoms with E-state index < -0.39 is 0 Å². The van der Waals surface area contributed by atoms with E-state index in [0.717, 1.165) is 13.0 Å². The zero-order valence-electron chi connectivity index (χ0n) is 11.2. The highest BCUT2D eigenvalue weighted by Crippen LogP contribution is 2.12. The summed E-state index contributed by atoms with van der Waals surface area (Å²) in [5, 5.41) is 8.97. The van der Waals surface area contributed by atoms with Crippen molar-refractivity contribution in [3.8, 4) is 11.8 Å². The van der Waals surface area contributed by atoms with Crippen LogP contribution in [0, 0.1) is 17.3 Å². The summed E-state index contributed by atoms with van der Waals surface area (Å²) in [5.41, 5.74) is 0.0345. The molecule has 3 N–H and O–H groups in total. The fraction of sp³-hybridized carbons (Fsp3) is 0.769. The fourth-order valence-corrected chi connectivity index (χ4v) is 1.66. The number of hydrogen-bond donors (Lipinski definition) is 3. The second-order valence-electron chi connectivity index (χ2n) is 5.42. The Morgan fingerprint density at radius 2 is 2.18 bits per heavy atom. The number of carbonyl (C=O) groups excluding carboxylic acids is 1. The van der Waals surface area contributed by atoms with E-state index in [-0.39, 0.29) is 23.5 Å². The maximum atomic E-state index is 11.3. The van der Waals surface area contributed by atoms with E-state index in [1.54, 1.807) is 0 Å². The quantitative estimate of drug-likeness (QED) is 0.630.